The lowest BCUT2D eigenvalue weighted by Crippen LogP contribution is -1.85. The highest BCUT2D eigenvalue weighted by Gasteiger charge is 2.02. The number of benzene rings is 2. The summed E-state index contributed by atoms with van der Waals surface area (Å²) in [7, 11) is 0. The normalized spacial score (nSPS) is 9.17. The van der Waals surface area contributed by atoms with Crippen molar-refractivity contribution in [1.29, 1.82) is 5.26 Å². The highest BCUT2D eigenvalue weighted by Crippen LogP contribution is 2.24. The number of rotatable bonds is 1. The Morgan fingerprint density at radius 1 is 0.944 bits per heavy atom. The third-order valence-corrected chi connectivity index (χ3v) is 2.82. The SMILES string of the molecule is CC#Cc1ccc(-c2ccc(C#N)cc2)c(C)c1. The van der Waals surface area contributed by atoms with Gasteiger partial charge in [-0.25, -0.2) is 0 Å². The van der Waals surface area contributed by atoms with Crippen LogP contribution in [0.1, 0.15) is 23.6 Å². The Kier molecular flexibility index (Phi) is 3.46. The van der Waals surface area contributed by atoms with Gasteiger partial charge in [-0.05, 0) is 54.8 Å². The fourth-order valence-corrected chi connectivity index (χ4v) is 1.93. The lowest BCUT2D eigenvalue weighted by molar-refractivity contribution is 1.43. The maximum absolute atomic E-state index is 8.78. The molecular formula is C17H13N. The molecule has 86 valence electrons. The molecule has 0 amide bonds. The molecule has 0 aliphatic heterocycles. The van der Waals surface area contributed by atoms with Gasteiger partial charge >= 0.3 is 0 Å². The summed E-state index contributed by atoms with van der Waals surface area (Å²) in [5.74, 6) is 5.95. The van der Waals surface area contributed by atoms with E-state index in [1.165, 1.54) is 11.1 Å². The van der Waals surface area contributed by atoms with E-state index in [0.29, 0.717) is 5.56 Å². The van der Waals surface area contributed by atoms with Crippen LogP contribution in [0.4, 0.5) is 0 Å². The van der Waals surface area contributed by atoms with Crippen LogP contribution in [0.15, 0.2) is 42.5 Å². The third-order valence-electron chi connectivity index (χ3n) is 2.82. The summed E-state index contributed by atoms with van der Waals surface area (Å²) in [5.41, 5.74) is 5.22. The van der Waals surface area contributed by atoms with Crippen molar-refractivity contribution in [2.24, 2.45) is 0 Å². The summed E-state index contributed by atoms with van der Waals surface area (Å²) in [6, 6.07) is 16.0. The van der Waals surface area contributed by atoms with Gasteiger partial charge in [-0.3, -0.25) is 0 Å². The predicted octanol–water partition coefficient (Wildman–Crippen LogP) is 3.91. The van der Waals surface area contributed by atoms with Crippen LogP contribution in [0.3, 0.4) is 0 Å². The van der Waals surface area contributed by atoms with Crippen molar-refractivity contribution in [3.05, 3.63) is 59.2 Å². The highest BCUT2D eigenvalue weighted by atomic mass is 14.2. The Balaban J connectivity index is 2.43. The first kappa shape index (κ1) is 12.0. The van der Waals surface area contributed by atoms with E-state index in [9.17, 15) is 0 Å². The second-order valence-electron chi connectivity index (χ2n) is 4.09. The van der Waals surface area contributed by atoms with Crippen LogP contribution >= 0.6 is 0 Å². The minimum atomic E-state index is 0.685. The highest BCUT2D eigenvalue weighted by molar-refractivity contribution is 5.68. The van der Waals surface area contributed by atoms with Crippen molar-refractivity contribution < 1.29 is 0 Å². The number of nitriles is 1. The molecule has 1 nitrogen and oxygen atoms in total. The molecule has 1 heteroatoms. The van der Waals surface area contributed by atoms with Gasteiger partial charge in [0, 0.05) is 5.56 Å². The van der Waals surface area contributed by atoms with Crippen LogP contribution in [-0.4, -0.2) is 0 Å². The van der Waals surface area contributed by atoms with Crippen LogP contribution in [0.2, 0.25) is 0 Å². The van der Waals surface area contributed by atoms with E-state index in [1.54, 1.807) is 0 Å². The zero-order valence-corrected chi connectivity index (χ0v) is 10.5. The van der Waals surface area contributed by atoms with Gasteiger partial charge in [0.25, 0.3) is 0 Å². The Hall–Kier alpha value is -2.51. The standard InChI is InChI=1S/C17H13N/c1-3-4-14-7-10-17(13(2)11-14)16-8-5-15(12-18)6-9-16/h5-11H,1-2H3. The molecule has 0 saturated heterocycles. The quantitative estimate of drug-likeness (QED) is 0.683. The second kappa shape index (κ2) is 5.21. The smallest absolute Gasteiger partial charge is 0.0991 e. The van der Waals surface area contributed by atoms with Crippen molar-refractivity contribution in [1.82, 2.24) is 0 Å². The van der Waals surface area contributed by atoms with Crippen molar-refractivity contribution >= 4 is 0 Å². The van der Waals surface area contributed by atoms with Crippen LogP contribution in [0.25, 0.3) is 11.1 Å². The van der Waals surface area contributed by atoms with Crippen LogP contribution in [0.5, 0.6) is 0 Å². The molecule has 0 aliphatic rings. The van der Waals surface area contributed by atoms with Gasteiger partial charge in [-0.2, -0.15) is 5.26 Å². The van der Waals surface area contributed by atoms with E-state index in [1.807, 2.05) is 37.3 Å². The summed E-state index contributed by atoms with van der Waals surface area (Å²) in [4.78, 5) is 0. The Labute approximate surface area is 108 Å². The van der Waals surface area contributed by atoms with Crippen LogP contribution < -0.4 is 0 Å². The third kappa shape index (κ3) is 2.42. The van der Waals surface area contributed by atoms with E-state index in [4.69, 9.17) is 5.26 Å². The Bertz CT molecular complexity index is 661. The van der Waals surface area contributed by atoms with E-state index >= 15 is 0 Å². The molecule has 2 rings (SSSR count). The van der Waals surface area contributed by atoms with Crippen LogP contribution in [-0.2, 0) is 0 Å². The fraction of sp³-hybridized carbons (Fsp3) is 0.118. The molecule has 0 atom stereocenters. The minimum absolute atomic E-state index is 0.685. The second-order valence-corrected chi connectivity index (χ2v) is 4.09. The van der Waals surface area contributed by atoms with Gasteiger partial charge in [0.1, 0.15) is 0 Å². The topological polar surface area (TPSA) is 23.8 Å². The first-order chi connectivity index (χ1) is 8.74. The lowest BCUT2D eigenvalue weighted by atomic mass is 9.98. The largest absolute Gasteiger partial charge is 0.192 e. The monoisotopic (exact) mass is 231 g/mol. The molecular weight excluding hydrogens is 218 g/mol. The van der Waals surface area contributed by atoms with Gasteiger partial charge in [0.15, 0.2) is 0 Å². The number of aryl methyl sites for hydroxylation is 1. The van der Waals surface area contributed by atoms with Crippen molar-refractivity contribution in [2.75, 3.05) is 0 Å². The molecule has 0 aliphatic carbocycles. The van der Waals surface area contributed by atoms with Gasteiger partial charge < -0.3 is 0 Å². The molecule has 0 aromatic heterocycles. The first-order valence-electron chi connectivity index (χ1n) is 5.78. The molecule has 2 aromatic carbocycles. The average Bonchev–Trinajstić information content (AvgIpc) is 2.40. The van der Waals surface area contributed by atoms with Gasteiger partial charge in [0.2, 0.25) is 0 Å². The zero-order valence-electron chi connectivity index (χ0n) is 10.5. The molecule has 0 bridgehead atoms. The summed E-state index contributed by atoms with van der Waals surface area (Å²) in [6.45, 7) is 3.91. The summed E-state index contributed by atoms with van der Waals surface area (Å²) in [6.07, 6.45) is 0. The predicted molar refractivity (Wildman–Crippen MR) is 73.9 cm³/mol. The van der Waals surface area contributed by atoms with E-state index in [0.717, 1.165) is 11.1 Å². The van der Waals surface area contributed by atoms with Crippen LogP contribution in [0, 0.1) is 30.1 Å². The van der Waals surface area contributed by atoms with Crippen molar-refractivity contribution in [3.8, 4) is 29.0 Å². The Morgan fingerprint density at radius 2 is 1.61 bits per heavy atom. The zero-order chi connectivity index (χ0) is 13.0. The summed E-state index contributed by atoms with van der Waals surface area (Å²) in [5, 5.41) is 8.78. The first-order valence-corrected chi connectivity index (χ1v) is 5.78. The Morgan fingerprint density at radius 3 is 2.17 bits per heavy atom. The molecule has 0 heterocycles. The van der Waals surface area contributed by atoms with Gasteiger partial charge in [-0.15, -0.1) is 5.92 Å². The average molecular weight is 231 g/mol. The molecule has 0 N–H and O–H groups in total. The maximum Gasteiger partial charge on any atom is 0.0991 e. The van der Waals surface area contributed by atoms with Crippen molar-refractivity contribution in [2.45, 2.75) is 13.8 Å². The molecule has 0 saturated carbocycles. The van der Waals surface area contributed by atoms with E-state index < -0.39 is 0 Å². The molecule has 18 heavy (non-hydrogen) atoms. The van der Waals surface area contributed by atoms with E-state index in [2.05, 4.69) is 37.0 Å². The van der Waals surface area contributed by atoms with Gasteiger partial charge in [0.05, 0.1) is 11.6 Å². The fourth-order valence-electron chi connectivity index (χ4n) is 1.93. The molecule has 2 aromatic rings. The number of hydrogen-bond donors (Lipinski definition) is 0. The molecule has 0 spiro atoms. The minimum Gasteiger partial charge on any atom is -0.192 e. The molecule has 0 fully saturated rings. The van der Waals surface area contributed by atoms with Crippen molar-refractivity contribution in [3.63, 3.8) is 0 Å². The summed E-state index contributed by atoms with van der Waals surface area (Å²) >= 11 is 0. The molecule has 0 radical (unpaired) electrons. The van der Waals surface area contributed by atoms with E-state index in [-0.39, 0.29) is 0 Å². The van der Waals surface area contributed by atoms with Gasteiger partial charge in [-0.1, -0.05) is 24.1 Å². The lowest BCUT2D eigenvalue weighted by Gasteiger charge is -2.06. The maximum atomic E-state index is 8.78. The number of nitrogens with zero attached hydrogens (tertiary/aromatic N) is 1. The molecule has 0 unspecified atom stereocenters. The summed E-state index contributed by atoms with van der Waals surface area (Å²) < 4.78 is 0. The number of hydrogen-bond acceptors (Lipinski definition) is 1.